The van der Waals surface area contributed by atoms with E-state index in [-0.39, 0.29) is 14.0 Å². The highest BCUT2D eigenvalue weighted by molar-refractivity contribution is 7.25. The minimum Gasteiger partial charge on any atom is -0.439 e. The number of hydrogen-bond acceptors (Lipinski definition) is 6. The molecule has 0 amide bonds. The van der Waals surface area contributed by atoms with Crippen LogP contribution in [0.5, 0.6) is 0 Å². The van der Waals surface area contributed by atoms with Gasteiger partial charge in [-0.1, -0.05) is 127 Å². The minimum atomic E-state index is -0.188. The number of nitrogens with zero attached hydrogens (tertiary/aromatic N) is 4. The molecule has 0 saturated heterocycles. The van der Waals surface area contributed by atoms with Crippen molar-refractivity contribution >= 4 is 102 Å². The Bertz CT molecular complexity index is 2570. The molecule has 2 aromatic heterocycles. The molecule has 54 heavy (non-hydrogen) atoms. The second kappa shape index (κ2) is 12.5. The highest BCUT2D eigenvalue weighted by Crippen LogP contribution is 2.55. The van der Waals surface area contributed by atoms with E-state index in [1.54, 1.807) is 0 Å². The maximum atomic E-state index is 6.75. The Kier molecular flexibility index (Phi) is 7.17. The standard InChI is InChI=1S/C46H32B2N4OS/c1-5-17-35(18-6-1)49-43-39-25-13-15-27-41(39)53-45(43)51(37-21-9-3-10-22-37)47(49)33-29-31-34(32-30-33)48-50(36-19-7-2-8-20-36)44-40-26-14-16-28-42(40)54-46(44)52(48)38-23-11-4-12-24-38/h1-32H. The van der Waals surface area contributed by atoms with Crippen LogP contribution in [0.1, 0.15) is 0 Å². The van der Waals surface area contributed by atoms with Crippen molar-refractivity contribution in [2.24, 2.45) is 0 Å². The number of benzene rings is 7. The average Bonchev–Trinajstić information content (AvgIpc) is 3.98. The first-order chi connectivity index (χ1) is 26.8. The molecule has 0 spiro atoms. The molecular formula is C46H32B2N4OS. The molecule has 11 rings (SSSR count). The van der Waals surface area contributed by atoms with Crippen LogP contribution >= 0.6 is 11.3 Å². The van der Waals surface area contributed by atoms with Gasteiger partial charge in [0, 0.05) is 38.2 Å². The Morgan fingerprint density at radius 1 is 0.370 bits per heavy atom. The molecule has 2 aliphatic heterocycles. The van der Waals surface area contributed by atoms with Gasteiger partial charge in [0.25, 0.3) is 0 Å². The number of hydrogen-bond donors (Lipinski definition) is 0. The van der Waals surface area contributed by atoms with Gasteiger partial charge in [0.2, 0.25) is 5.88 Å². The Morgan fingerprint density at radius 2 is 0.796 bits per heavy atom. The van der Waals surface area contributed by atoms with Crippen LogP contribution in [0.2, 0.25) is 0 Å². The normalized spacial score (nSPS) is 13.7. The monoisotopic (exact) mass is 710 g/mol. The van der Waals surface area contributed by atoms with Gasteiger partial charge in [-0.05, 0) is 77.7 Å². The lowest BCUT2D eigenvalue weighted by Crippen LogP contribution is -2.55. The van der Waals surface area contributed by atoms with Crippen LogP contribution in [0.3, 0.4) is 0 Å². The van der Waals surface area contributed by atoms with Crippen molar-refractivity contribution in [3.63, 3.8) is 0 Å². The maximum absolute atomic E-state index is 6.75. The zero-order valence-electron chi connectivity index (χ0n) is 29.2. The summed E-state index contributed by atoms with van der Waals surface area (Å²) in [4.78, 5) is 9.84. The third kappa shape index (κ3) is 4.73. The van der Waals surface area contributed by atoms with Crippen LogP contribution in [0.15, 0.2) is 199 Å². The van der Waals surface area contributed by atoms with Crippen LogP contribution in [-0.2, 0) is 0 Å². The quantitative estimate of drug-likeness (QED) is 0.160. The van der Waals surface area contributed by atoms with E-state index in [1.165, 1.54) is 26.2 Å². The summed E-state index contributed by atoms with van der Waals surface area (Å²) < 4.78 is 8.03. The van der Waals surface area contributed by atoms with Crippen LogP contribution in [-0.4, -0.2) is 14.0 Å². The fourth-order valence-electron chi connectivity index (χ4n) is 8.38. The van der Waals surface area contributed by atoms with E-state index in [0.717, 1.165) is 50.8 Å². The molecule has 0 saturated carbocycles. The van der Waals surface area contributed by atoms with Crippen molar-refractivity contribution in [2.45, 2.75) is 0 Å². The second-order valence-electron chi connectivity index (χ2n) is 13.7. The van der Waals surface area contributed by atoms with Crippen LogP contribution < -0.4 is 30.2 Å². The molecule has 0 unspecified atom stereocenters. The molecule has 9 aromatic rings. The van der Waals surface area contributed by atoms with Crippen LogP contribution in [0.4, 0.5) is 45.0 Å². The van der Waals surface area contributed by atoms with Crippen molar-refractivity contribution in [1.29, 1.82) is 0 Å². The fourth-order valence-corrected chi connectivity index (χ4v) is 9.61. The molecule has 0 aliphatic carbocycles. The third-order valence-electron chi connectivity index (χ3n) is 10.7. The molecule has 0 bridgehead atoms. The molecule has 8 heteroatoms. The number of furan rings is 1. The Morgan fingerprint density at radius 3 is 1.37 bits per heavy atom. The maximum Gasteiger partial charge on any atom is 0.423 e. The summed E-state index contributed by atoms with van der Waals surface area (Å²) in [5.41, 5.74) is 10.1. The van der Waals surface area contributed by atoms with Gasteiger partial charge in [0.1, 0.15) is 16.3 Å². The van der Waals surface area contributed by atoms with Crippen molar-refractivity contribution in [1.82, 2.24) is 0 Å². The molecular weight excluding hydrogens is 678 g/mol. The van der Waals surface area contributed by atoms with E-state index in [9.17, 15) is 0 Å². The highest BCUT2D eigenvalue weighted by atomic mass is 32.1. The van der Waals surface area contributed by atoms with Gasteiger partial charge in [0.15, 0.2) is 0 Å². The minimum absolute atomic E-state index is 0.105. The molecule has 0 radical (unpaired) electrons. The summed E-state index contributed by atoms with van der Waals surface area (Å²) in [6.07, 6.45) is 0. The zero-order valence-corrected chi connectivity index (χ0v) is 30.1. The Labute approximate surface area is 318 Å². The first kappa shape index (κ1) is 30.9. The summed E-state index contributed by atoms with van der Waals surface area (Å²) in [6.45, 7) is -0.293. The molecule has 0 fully saturated rings. The number of anilines is 8. The van der Waals surface area contributed by atoms with Crippen molar-refractivity contribution in [3.05, 3.63) is 194 Å². The number of rotatable bonds is 6. The lowest BCUT2D eigenvalue weighted by Gasteiger charge is -2.32. The van der Waals surface area contributed by atoms with E-state index in [0.29, 0.717) is 0 Å². The van der Waals surface area contributed by atoms with Gasteiger partial charge in [-0.2, -0.15) is 0 Å². The summed E-state index contributed by atoms with van der Waals surface area (Å²) in [5, 5.41) is 3.61. The van der Waals surface area contributed by atoms with Gasteiger partial charge >= 0.3 is 14.0 Å². The number of thiophene rings is 1. The lowest BCUT2D eigenvalue weighted by molar-refractivity contribution is 0.628. The smallest absolute Gasteiger partial charge is 0.423 e. The van der Waals surface area contributed by atoms with Gasteiger partial charge in [-0.25, -0.2) is 0 Å². The van der Waals surface area contributed by atoms with Gasteiger partial charge in [-0.15, -0.1) is 11.3 Å². The van der Waals surface area contributed by atoms with Crippen LogP contribution in [0, 0.1) is 0 Å². The van der Waals surface area contributed by atoms with E-state index in [2.05, 4.69) is 207 Å². The predicted octanol–water partition coefficient (Wildman–Crippen LogP) is 11.0. The fraction of sp³-hybridized carbons (Fsp3) is 0. The Balaban J connectivity index is 1.09. The SMILES string of the molecule is c1ccc(N2B(c3ccc(B4N(c5ccccc5)c5sc6ccccc6c5N4c4ccccc4)cc3)N(c3ccccc3)c3c2oc2ccccc32)cc1. The first-order valence-electron chi connectivity index (χ1n) is 18.3. The van der Waals surface area contributed by atoms with Crippen molar-refractivity contribution in [3.8, 4) is 0 Å². The molecule has 0 atom stereocenters. The van der Waals surface area contributed by atoms with Crippen LogP contribution in [0.25, 0.3) is 21.1 Å². The molecule has 7 aromatic carbocycles. The first-order valence-corrected chi connectivity index (χ1v) is 19.2. The zero-order chi connectivity index (χ0) is 35.6. The topological polar surface area (TPSA) is 26.1 Å². The summed E-state index contributed by atoms with van der Waals surface area (Å²) in [6, 6.07) is 69.4. The molecule has 5 nitrogen and oxygen atoms in total. The summed E-state index contributed by atoms with van der Waals surface area (Å²) in [7, 11) is 0. The van der Waals surface area contributed by atoms with Crippen molar-refractivity contribution < 1.29 is 4.42 Å². The second-order valence-corrected chi connectivity index (χ2v) is 14.8. The third-order valence-corrected chi connectivity index (χ3v) is 11.8. The van der Waals surface area contributed by atoms with Gasteiger partial charge < -0.3 is 23.7 Å². The van der Waals surface area contributed by atoms with E-state index < -0.39 is 0 Å². The van der Waals surface area contributed by atoms with Gasteiger partial charge in [-0.3, -0.25) is 0 Å². The largest absolute Gasteiger partial charge is 0.439 e. The summed E-state index contributed by atoms with van der Waals surface area (Å²) >= 11 is 1.86. The number of para-hydroxylation sites is 5. The Hall–Kier alpha value is -6.63. The van der Waals surface area contributed by atoms with Gasteiger partial charge in [0.05, 0.1) is 5.69 Å². The summed E-state index contributed by atoms with van der Waals surface area (Å²) in [5.74, 6) is 0.845. The average molecular weight is 710 g/mol. The highest BCUT2D eigenvalue weighted by Gasteiger charge is 2.49. The van der Waals surface area contributed by atoms with E-state index in [1.807, 2.05) is 17.4 Å². The lowest BCUT2D eigenvalue weighted by atomic mass is 9.60. The molecule has 2 aliphatic rings. The van der Waals surface area contributed by atoms with E-state index in [4.69, 9.17) is 4.42 Å². The van der Waals surface area contributed by atoms with E-state index >= 15 is 0 Å². The molecule has 254 valence electrons. The predicted molar refractivity (Wildman–Crippen MR) is 230 cm³/mol. The van der Waals surface area contributed by atoms with Crippen molar-refractivity contribution in [2.75, 3.05) is 19.2 Å². The molecule has 0 N–H and O–H groups in total. The number of fused-ring (bicyclic) bond motifs is 6. The molecule has 4 heterocycles.